The van der Waals surface area contributed by atoms with Crippen LogP contribution >= 0.6 is 0 Å². The van der Waals surface area contributed by atoms with Gasteiger partial charge in [-0.1, -0.05) is 30.3 Å². The summed E-state index contributed by atoms with van der Waals surface area (Å²) in [7, 11) is 0. The van der Waals surface area contributed by atoms with Crippen molar-refractivity contribution in [2.45, 2.75) is 168 Å². The molecule has 0 aromatic heterocycles. The summed E-state index contributed by atoms with van der Waals surface area (Å²) in [6.07, 6.45) is -26.3. The van der Waals surface area contributed by atoms with Gasteiger partial charge in [-0.15, -0.1) is 0 Å². The van der Waals surface area contributed by atoms with Gasteiger partial charge in [0.15, 0.2) is 61.6 Å². The summed E-state index contributed by atoms with van der Waals surface area (Å²) in [6.45, 7) is 7.90. The van der Waals surface area contributed by atoms with Crippen LogP contribution in [0.3, 0.4) is 0 Å². The molecule has 3 aliphatic heterocycles. The van der Waals surface area contributed by atoms with E-state index in [0.717, 1.165) is 69.2 Å². The molecule has 0 bridgehead atoms. The van der Waals surface area contributed by atoms with Crippen LogP contribution in [0.1, 0.15) is 74.8 Å². The van der Waals surface area contributed by atoms with Gasteiger partial charge in [0, 0.05) is 69.2 Å². The maximum absolute atomic E-state index is 13.1. The fourth-order valence-corrected chi connectivity index (χ4v) is 7.64. The zero-order valence-electron chi connectivity index (χ0n) is 40.5. The predicted molar refractivity (Wildman–Crippen MR) is 226 cm³/mol. The van der Waals surface area contributed by atoms with Crippen LogP contribution in [0.15, 0.2) is 30.3 Å². The summed E-state index contributed by atoms with van der Waals surface area (Å²) < 4.78 is 92.8. The van der Waals surface area contributed by atoms with Crippen LogP contribution in [-0.4, -0.2) is 172 Å². The lowest BCUT2D eigenvalue weighted by Crippen LogP contribution is -2.69. The molecule has 4 rings (SSSR count). The van der Waals surface area contributed by atoms with Crippen LogP contribution in [0, 0.1) is 0 Å². The van der Waals surface area contributed by atoms with Crippen molar-refractivity contribution in [2.75, 3.05) is 19.8 Å². The molecule has 15 atom stereocenters. The van der Waals surface area contributed by atoms with E-state index in [1.54, 1.807) is 30.3 Å². The van der Waals surface area contributed by atoms with Gasteiger partial charge in [0.25, 0.3) is 0 Å². The molecule has 26 nitrogen and oxygen atoms in total. The summed E-state index contributed by atoms with van der Waals surface area (Å²) in [6, 6.07) is 8.69. The van der Waals surface area contributed by atoms with E-state index in [4.69, 9.17) is 75.8 Å². The molecule has 1 aromatic carbocycles. The SMILES string of the molecule is CC(=O)OC[C@H]1O[C@@H](O[C@H]2[C@H](OC(C)=O)[C@@H](OC(C)=O)[C@H](O[C@H]3[C@H](OC(C)=O)[C@@H](OC(C)=O)[C@H](OCc4ccccc4)O[C@@H]3COC(C)=O)O[C@@H]2COC(C)=O)[C@H](OC(C)=O)[C@@H](OC(C)=O)[C@H]1OC(C)=O. The van der Waals surface area contributed by atoms with E-state index in [0.29, 0.717) is 5.56 Å². The molecular weight excluding hydrogens is 956 g/mol. The number of ether oxygens (including phenoxy) is 16. The molecule has 71 heavy (non-hydrogen) atoms. The van der Waals surface area contributed by atoms with E-state index in [1.807, 2.05) is 0 Å². The minimum Gasteiger partial charge on any atom is -0.463 e. The van der Waals surface area contributed by atoms with Crippen LogP contribution in [0.25, 0.3) is 0 Å². The topological polar surface area (TPSA) is 318 Å². The van der Waals surface area contributed by atoms with Gasteiger partial charge in [-0.2, -0.15) is 0 Å². The van der Waals surface area contributed by atoms with E-state index in [9.17, 15) is 47.9 Å². The van der Waals surface area contributed by atoms with Crippen LogP contribution in [0.4, 0.5) is 0 Å². The van der Waals surface area contributed by atoms with Crippen LogP contribution in [0.5, 0.6) is 0 Å². The molecule has 0 N–H and O–H groups in total. The van der Waals surface area contributed by atoms with E-state index in [-0.39, 0.29) is 6.61 Å². The Balaban J connectivity index is 1.90. The molecule has 0 radical (unpaired) electrons. The second-order valence-corrected chi connectivity index (χ2v) is 16.1. The van der Waals surface area contributed by atoms with Crippen LogP contribution < -0.4 is 0 Å². The molecule has 394 valence electrons. The number of esters is 10. The Morgan fingerprint density at radius 2 is 0.634 bits per heavy atom. The summed E-state index contributed by atoms with van der Waals surface area (Å²) in [5.41, 5.74) is 0.646. The Kier molecular flexibility index (Phi) is 21.6. The van der Waals surface area contributed by atoms with Gasteiger partial charge >= 0.3 is 59.7 Å². The molecule has 0 amide bonds. The standard InChI is InChI=1S/C45H58O26/c1-20(46)56-17-31-34(60-23(4)49)37(61-24(5)50)41(65-28(9)54)44(68-31)71-36-33(19-58-22(3)48)69-45(42(66-29(10)55)39(36)63-26(7)52)70-35-32(18-57-21(2)47)67-43(59-16-30-14-12-11-13-15-30)40(64-27(8)53)38(35)62-25(6)51/h11-15,31-45H,16-19H2,1-10H3/t31-,32-,33-,34+,35-,36-,37+,38+,39+,40-,41-,42-,43-,44+,45+/m1/s1. The van der Waals surface area contributed by atoms with Crippen molar-refractivity contribution >= 4 is 59.7 Å². The van der Waals surface area contributed by atoms with E-state index >= 15 is 0 Å². The Hall–Kier alpha value is -6.32. The second-order valence-electron chi connectivity index (χ2n) is 16.1. The minimum atomic E-state index is -2.01. The van der Waals surface area contributed by atoms with Crippen molar-refractivity contribution in [3.8, 4) is 0 Å². The normalized spacial score (nSPS) is 30.2. The first kappa shape index (κ1) is 57.3. The highest BCUT2D eigenvalue weighted by Gasteiger charge is 2.60. The summed E-state index contributed by atoms with van der Waals surface area (Å²) in [5.74, 6) is -9.36. The summed E-state index contributed by atoms with van der Waals surface area (Å²) >= 11 is 0. The first-order valence-electron chi connectivity index (χ1n) is 22.0. The van der Waals surface area contributed by atoms with Crippen molar-refractivity contribution in [1.82, 2.24) is 0 Å². The summed E-state index contributed by atoms with van der Waals surface area (Å²) in [5, 5.41) is 0. The lowest BCUT2D eigenvalue weighted by atomic mass is 9.95. The van der Waals surface area contributed by atoms with E-state index in [2.05, 4.69) is 0 Å². The molecule has 0 spiro atoms. The third-order valence-electron chi connectivity index (χ3n) is 10.1. The predicted octanol–water partition coefficient (Wildman–Crippen LogP) is 0.360. The number of rotatable bonds is 20. The Morgan fingerprint density at radius 1 is 0.352 bits per heavy atom. The number of carbonyl (C=O) groups is 10. The smallest absolute Gasteiger partial charge is 0.303 e. The maximum atomic E-state index is 13.1. The fraction of sp³-hybridized carbons (Fsp3) is 0.644. The molecule has 3 heterocycles. The lowest BCUT2D eigenvalue weighted by Gasteiger charge is -2.50. The van der Waals surface area contributed by atoms with Crippen molar-refractivity contribution in [1.29, 1.82) is 0 Å². The number of carbonyl (C=O) groups excluding carboxylic acids is 10. The van der Waals surface area contributed by atoms with Crippen molar-refractivity contribution in [2.24, 2.45) is 0 Å². The molecule has 0 aliphatic carbocycles. The van der Waals surface area contributed by atoms with Gasteiger partial charge < -0.3 is 75.8 Å². The minimum absolute atomic E-state index is 0.134. The maximum Gasteiger partial charge on any atom is 0.303 e. The van der Waals surface area contributed by atoms with E-state index < -0.39 is 172 Å². The Labute approximate surface area is 406 Å². The molecule has 3 saturated heterocycles. The average molecular weight is 1010 g/mol. The molecule has 3 fully saturated rings. The highest BCUT2D eigenvalue weighted by Crippen LogP contribution is 2.38. The average Bonchev–Trinajstić information content (AvgIpc) is 3.25. The third kappa shape index (κ3) is 17.5. The molecule has 26 heteroatoms. The van der Waals surface area contributed by atoms with Gasteiger partial charge in [-0.25, -0.2) is 0 Å². The molecule has 0 unspecified atom stereocenters. The van der Waals surface area contributed by atoms with Gasteiger partial charge in [0.2, 0.25) is 0 Å². The van der Waals surface area contributed by atoms with Gasteiger partial charge in [0.05, 0.1) is 6.61 Å². The van der Waals surface area contributed by atoms with E-state index in [1.165, 1.54) is 0 Å². The first-order chi connectivity index (χ1) is 33.4. The third-order valence-corrected chi connectivity index (χ3v) is 10.1. The van der Waals surface area contributed by atoms with Crippen LogP contribution in [0.2, 0.25) is 0 Å². The lowest BCUT2D eigenvalue weighted by molar-refractivity contribution is -0.380. The first-order valence-corrected chi connectivity index (χ1v) is 22.0. The van der Waals surface area contributed by atoms with Crippen molar-refractivity contribution < 1.29 is 124 Å². The highest BCUT2D eigenvalue weighted by molar-refractivity contribution is 5.70. The van der Waals surface area contributed by atoms with Crippen LogP contribution in [-0.2, 0) is 130 Å². The Morgan fingerprint density at radius 3 is 0.972 bits per heavy atom. The number of hydrogen-bond donors (Lipinski definition) is 0. The number of hydrogen-bond acceptors (Lipinski definition) is 26. The van der Waals surface area contributed by atoms with Gasteiger partial charge in [0.1, 0.15) is 50.3 Å². The summed E-state index contributed by atoms with van der Waals surface area (Å²) in [4.78, 5) is 126. The highest BCUT2D eigenvalue weighted by atomic mass is 16.8. The van der Waals surface area contributed by atoms with Crippen molar-refractivity contribution in [3.05, 3.63) is 35.9 Å². The monoisotopic (exact) mass is 1010 g/mol. The molecule has 3 aliphatic rings. The molecule has 1 aromatic rings. The Bertz CT molecular complexity index is 2060. The molecular formula is C45H58O26. The van der Waals surface area contributed by atoms with Gasteiger partial charge in [-0.3, -0.25) is 47.9 Å². The largest absolute Gasteiger partial charge is 0.463 e. The fourth-order valence-electron chi connectivity index (χ4n) is 7.64. The second kappa shape index (κ2) is 26.8. The quantitative estimate of drug-likeness (QED) is 0.126. The van der Waals surface area contributed by atoms with Crippen molar-refractivity contribution in [3.63, 3.8) is 0 Å². The van der Waals surface area contributed by atoms with Gasteiger partial charge in [-0.05, 0) is 5.56 Å². The molecule has 0 saturated carbocycles. The zero-order chi connectivity index (χ0) is 52.7. The zero-order valence-corrected chi connectivity index (χ0v) is 40.5. The number of benzene rings is 1.